The number of carbonyl (C=O) groups excluding carboxylic acids is 3. The van der Waals surface area contributed by atoms with Gasteiger partial charge in [0, 0.05) is 19.3 Å². The molecule has 1 atom stereocenters. The van der Waals surface area contributed by atoms with Crippen molar-refractivity contribution in [1.82, 2.24) is 0 Å². The maximum absolute atomic E-state index is 12.7. The van der Waals surface area contributed by atoms with Crippen molar-refractivity contribution in [2.24, 2.45) is 0 Å². The maximum atomic E-state index is 12.7. The average Bonchev–Trinajstić information content (AvgIpc) is 3.22. The molecule has 58 heavy (non-hydrogen) atoms. The second kappa shape index (κ2) is 46.5. The maximum Gasteiger partial charge on any atom is 0.306 e. The first-order valence-electron chi connectivity index (χ1n) is 24.0. The molecular weight excluding hydrogens is 721 g/mol. The molecule has 0 aliphatic heterocycles. The Bertz CT molecular complexity index is 1110. The molecule has 0 aromatic rings. The molecular formula is C52H88O6. The molecule has 0 N–H and O–H groups in total. The summed E-state index contributed by atoms with van der Waals surface area (Å²) >= 11 is 0. The van der Waals surface area contributed by atoms with E-state index in [0.717, 1.165) is 96.3 Å². The van der Waals surface area contributed by atoms with Crippen LogP contribution >= 0.6 is 0 Å². The first-order chi connectivity index (χ1) is 28.5. The summed E-state index contributed by atoms with van der Waals surface area (Å²) in [5, 5.41) is 0. The standard InChI is InChI=1S/C52H88O6/c1-4-7-10-13-16-19-22-24-26-28-30-33-36-39-42-45-51(54)57-48-49(47-56-50(53)44-41-38-35-32-29-21-18-15-12-9-6-3)58-52(55)46-43-40-37-34-31-27-25-23-20-17-14-11-8-5-2/h7,10,13,15-16,18-19,21-22,24,26,29,49H,4-6,8-9,11-12,14,17,20,23,25,27-28,30-48H2,1-3H3/b10-7-,16-13-,18-15-,22-19-,26-24-,29-21-. The SMILES string of the molecule is CC\C=C/C=C\C=C/C=C\CCCCCCCC(=O)OCC(COC(=O)CCCCC/C=C\C=C/CCCC)OC(=O)CCCCCCCCCCCCCCCC. The Labute approximate surface area is 357 Å². The van der Waals surface area contributed by atoms with Crippen LogP contribution in [0.3, 0.4) is 0 Å². The molecule has 0 aliphatic rings. The van der Waals surface area contributed by atoms with Crippen LogP contribution in [0.25, 0.3) is 0 Å². The second-order valence-electron chi connectivity index (χ2n) is 15.8. The molecule has 6 heteroatoms. The van der Waals surface area contributed by atoms with Gasteiger partial charge in [-0.2, -0.15) is 0 Å². The number of hydrogen-bond acceptors (Lipinski definition) is 6. The number of hydrogen-bond donors (Lipinski definition) is 0. The highest BCUT2D eigenvalue weighted by Gasteiger charge is 2.19. The van der Waals surface area contributed by atoms with Crippen molar-refractivity contribution >= 4 is 17.9 Å². The van der Waals surface area contributed by atoms with E-state index in [1.165, 1.54) is 83.5 Å². The minimum absolute atomic E-state index is 0.0954. The predicted octanol–water partition coefficient (Wildman–Crippen LogP) is 15.5. The van der Waals surface area contributed by atoms with Crippen molar-refractivity contribution < 1.29 is 28.6 Å². The summed E-state index contributed by atoms with van der Waals surface area (Å²) in [4.78, 5) is 37.8. The monoisotopic (exact) mass is 809 g/mol. The van der Waals surface area contributed by atoms with E-state index in [2.05, 4.69) is 75.5 Å². The molecule has 0 radical (unpaired) electrons. The molecule has 0 bridgehead atoms. The Hall–Kier alpha value is -3.15. The van der Waals surface area contributed by atoms with Crippen molar-refractivity contribution in [2.75, 3.05) is 13.2 Å². The fraction of sp³-hybridized carbons (Fsp3) is 0.712. The molecule has 0 rings (SSSR count). The number of esters is 3. The Morgan fingerprint density at radius 2 is 0.690 bits per heavy atom. The lowest BCUT2D eigenvalue weighted by atomic mass is 10.0. The van der Waals surface area contributed by atoms with Gasteiger partial charge in [0.15, 0.2) is 6.10 Å². The van der Waals surface area contributed by atoms with Crippen molar-refractivity contribution in [3.8, 4) is 0 Å². The van der Waals surface area contributed by atoms with E-state index in [1.807, 2.05) is 18.2 Å². The number of carbonyl (C=O) groups is 3. The number of unbranched alkanes of at least 4 members (excludes halogenated alkanes) is 23. The highest BCUT2D eigenvalue weighted by molar-refractivity contribution is 5.71. The van der Waals surface area contributed by atoms with Gasteiger partial charge < -0.3 is 14.2 Å². The van der Waals surface area contributed by atoms with Gasteiger partial charge in [-0.15, -0.1) is 0 Å². The molecule has 1 unspecified atom stereocenters. The van der Waals surface area contributed by atoms with Gasteiger partial charge >= 0.3 is 17.9 Å². The molecule has 0 heterocycles. The van der Waals surface area contributed by atoms with Gasteiger partial charge in [0.05, 0.1) is 0 Å². The third-order valence-corrected chi connectivity index (χ3v) is 10.1. The van der Waals surface area contributed by atoms with Gasteiger partial charge in [-0.1, -0.05) is 216 Å². The average molecular weight is 809 g/mol. The summed E-state index contributed by atoms with van der Waals surface area (Å²) in [6.07, 6.45) is 57.4. The number of rotatable bonds is 42. The molecule has 0 spiro atoms. The molecule has 0 saturated heterocycles. The van der Waals surface area contributed by atoms with E-state index in [1.54, 1.807) is 0 Å². The van der Waals surface area contributed by atoms with Crippen LogP contribution in [0, 0.1) is 0 Å². The van der Waals surface area contributed by atoms with Crippen LogP contribution in [0.2, 0.25) is 0 Å². The van der Waals surface area contributed by atoms with Gasteiger partial charge in [-0.05, 0) is 57.8 Å². The minimum atomic E-state index is -0.792. The first-order valence-corrected chi connectivity index (χ1v) is 24.0. The molecule has 0 amide bonds. The van der Waals surface area contributed by atoms with E-state index in [4.69, 9.17) is 14.2 Å². The molecule has 6 nitrogen and oxygen atoms in total. The van der Waals surface area contributed by atoms with Crippen molar-refractivity contribution in [3.05, 3.63) is 72.9 Å². The molecule has 0 saturated carbocycles. The Kier molecular flexibility index (Phi) is 44.0. The van der Waals surface area contributed by atoms with Crippen molar-refractivity contribution in [3.63, 3.8) is 0 Å². The normalized spacial score (nSPS) is 12.7. The van der Waals surface area contributed by atoms with Gasteiger partial charge in [-0.25, -0.2) is 0 Å². The molecule has 0 aliphatic carbocycles. The van der Waals surface area contributed by atoms with E-state index in [-0.39, 0.29) is 31.1 Å². The lowest BCUT2D eigenvalue weighted by Gasteiger charge is -2.18. The topological polar surface area (TPSA) is 78.9 Å². The van der Waals surface area contributed by atoms with Crippen molar-refractivity contribution in [1.29, 1.82) is 0 Å². The molecule has 0 aromatic heterocycles. The summed E-state index contributed by atoms with van der Waals surface area (Å²) in [7, 11) is 0. The summed E-state index contributed by atoms with van der Waals surface area (Å²) < 4.78 is 16.7. The van der Waals surface area contributed by atoms with Gasteiger partial charge in [0.1, 0.15) is 13.2 Å². The third-order valence-electron chi connectivity index (χ3n) is 10.1. The van der Waals surface area contributed by atoms with Crippen LogP contribution in [0.1, 0.15) is 220 Å². The van der Waals surface area contributed by atoms with Gasteiger partial charge in [0.2, 0.25) is 0 Å². The zero-order chi connectivity index (χ0) is 42.3. The summed E-state index contributed by atoms with van der Waals surface area (Å²) in [6.45, 7) is 6.39. The fourth-order valence-corrected chi connectivity index (χ4v) is 6.43. The van der Waals surface area contributed by atoms with Crippen LogP contribution in [0.4, 0.5) is 0 Å². The van der Waals surface area contributed by atoms with Crippen LogP contribution in [-0.2, 0) is 28.6 Å². The Morgan fingerprint density at radius 1 is 0.362 bits per heavy atom. The summed E-state index contributed by atoms with van der Waals surface area (Å²) in [6, 6.07) is 0. The van der Waals surface area contributed by atoms with Crippen LogP contribution in [0.15, 0.2) is 72.9 Å². The van der Waals surface area contributed by atoms with Crippen LogP contribution < -0.4 is 0 Å². The summed E-state index contributed by atoms with van der Waals surface area (Å²) in [5.74, 6) is -0.945. The molecule has 0 fully saturated rings. The van der Waals surface area contributed by atoms with Crippen molar-refractivity contribution in [2.45, 2.75) is 226 Å². The zero-order valence-electron chi connectivity index (χ0n) is 37.8. The van der Waals surface area contributed by atoms with E-state index < -0.39 is 6.10 Å². The Balaban J connectivity index is 4.44. The highest BCUT2D eigenvalue weighted by atomic mass is 16.6. The largest absolute Gasteiger partial charge is 0.462 e. The third kappa shape index (κ3) is 44.0. The van der Waals surface area contributed by atoms with Gasteiger partial charge in [-0.3, -0.25) is 14.4 Å². The predicted molar refractivity (Wildman–Crippen MR) is 247 cm³/mol. The van der Waals surface area contributed by atoms with E-state index in [9.17, 15) is 14.4 Å². The second-order valence-corrected chi connectivity index (χ2v) is 15.8. The first kappa shape index (κ1) is 54.9. The number of allylic oxidation sites excluding steroid dienone is 12. The molecule has 0 aromatic carbocycles. The van der Waals surface area contributed by atoms with E-state index >= 15 is 0 Å². The van der Waals surface area contributed by atoms with E-state index in [0.29, 0.717) is 19.3 Å². The lowest BCUT2D eigenvalue weighted by Crippen LogP contribution is -2.30. The minimum Gasteiger partial charge on any atom is -0.462 e. The van der Waals surface area contributed by atoms with Crippen LogP contribution in [0.5, 0.6) is 0 Å². The quantitative estimate of drug-likeness (QED) is 0.0264. The fourth-order valence-electron chi connectivity index (χ4n) is 6.43. The Morgan fingerprint density at radius 3 is 1.14 bits per heavy atom. The lowest BCUT2D eigenvalue weighted by molar-refractivity contribution is -0.167. The number of ether oxygens (including phenoxy) is 3. The molecule has 332 valence electrons. The smallest absolute Gasteiger partial charge is 0.306 e. The zero-order valence-corrected chi connectivity index (χ0v) is 37.8. The highest BCUT2D eigenvalue weighted by Crippen LogP contribution is 2.15. The summed E-state index contributed by atoms with van der Waals surface area (Å²) in [5.41, 5.74) is 0. The van der Waals surface area contributed by atoms with Gasteiger partial charge in [0.25, 0.3) is 0 Å². The van der Waals surface area contributed by atoms with Crippen LogP contribution in [-0.4, -0.2) is 37.2 Å².